The number of benzene rings is 1. The molecule has 3 heteroatoms. The van der Waals surface area contributed by atoms with Gasteiger partial charge in [0.05, 0.1) is 16.6 Å². The van der Waals surface area contributed by atoms with Gasteiger partial charge in [-0.2, -0.15) is 0 Å². The first-order valence-corrected chi connectivity index (χ1v) is 5.45. The maximum Gasteiger partial charge on any atom is 0.0864 e. The normalized spacial score (nSPS) is 12.0. The molecule has 1 aromatic heterocycles. The van der Waals surface area contributed by atoms with Gasteiger partial charge in [-0.1, -0.05) is 48.6 Å². The first-order valence-electron chi connectivity index (χ1n) is 5.04. The Kier molecular flexibility index (Phi) is 3.27. The third-order valence-electron chi connectivity index (χ3n) is 2.40. The zero-order valence-corrected chi connectivity index (χ0v) is 9.52. The topological polar surface area (TPSA) is 38.9 Å². The fourth-order valence-electron chi connectivity index (χ4n) is 1.67. The van der Waals surface area contributed by atoms with E-state index in [-0.39, 0.29) is 5.92 Å². The van der Waals surface area contributed by atoms with Gasteiger partial charge in [0.1, 0.15) is 0 Å². The van der Waals surface area contributed by atoms with Gasteiger partial charge in [-0.05, 0) is 17.7 Å². The van der Waals surface area contributed by atoms with Gasteiger partial charge >= 0.3 is 0 Å². The van der Waals surface area contributed by atoms with E-state index in [0.717, 1.165) is 11.3 Å². The van der Waals surface area contributed by atoms with Crippen LogP contribution in [0.3, 0.4) is 0 Å². The van der Waals surface area contributed by atoms with E-state index in [0.29, 0.717) is 4.99 Å². The van der Waals surface area contributed by atoms with Crippen molar-refractivity contribution in [1.82, 2.24) is 4.98 Å². The van der Waals surface area contributed by atoms with Crippen LogP contribution in [-0.4, -0.2) is 9.97 Å². The van der Waals surface area contributed by atoms with Crippen LogP contribution in [0.4, 0.5) is 0 Å². The lowest BCUT2D eigenvalue weighted by Crippen LogP contribution is -2.21. The van der Waals surface area contributed by atoms with E-state index in [4.69, 9.17) is 18.0 Å². The second-order valence-electron chi connectivity index (χ2n) is 3.50. The van der Waals surface area contributed by atoms with Crippen molar-refractivity contribution in [3.8, 4) is 0 Å². The zero-order valence-electron chi connectivity index (χ0n) is 8.71. The monoisotopic (exact) mass is 228 g/mol. The number of rotatable bonds is 3. The summed E-state index contributed by atoms with van der Waals surface area (Å²) in [6, 6.07) is 15.7. The summed E-state index contributed by atoms with van der Waals surface area (Å²) in [6.07, 6.45) is 1.75. The van der Waals surface area contributed by atoms with Gasteiger partial charge in [0.15, 0.2) is 0 Å². The molecule has 0 amide bonds. The second-order valence-corrected chi connectivity index (χ2v) is 3.97. The van der Waals surface area contributed by atoms with Crippen LogP contribution in [0.25, 0.3) is 0 Å². The Morgan fingerprint density at radius 2 is 1.75 bits per heavy atom. The molecular formula is C13H12N2S. The molecule has 1 aromatic carbocycles. The largest absolute Gasteiger partial charge is 0.392 e. The van der Waals surface area contributed by atoms with Gasteiger partial charge in [0, 0.05) is 6.20 Å². The first kappa shape index (κ1) is 10.8. The fourth-order valence-corrected chi connectivity index (χ4v) is 1.93. The summed E-state index contributed by atoms with van der Waals surface area (Å²) in [7, 11) is 0. The van der Waals surface area contributed by atoms with E-state index in [9.17, 15) is 0 Å². The Morgan fingerprint density at radius 1 is 1.06 bits per heavy atom. The lowest BCUT2D eigenvalue weighted by atomic mass is 9.95. The van der Waals surface area contributed by atoms with Crippen molar-refractivity contribution in [3.63, 3.8) is 0 Å². The molecule has 2 rings (SSSR count). The van der Waals surface area contributed by atoms with E-state index in [1.165, 1.54) is 0 Å². The SMILES string of the molecule is NC(=S)[C@H](c1ccccc1)c1ccccn1. The molecular weight excluding hydrogens is 216 g/mol. The van der Waals surface area contributed by atoms with E-state index in [1.54, 1.807) is 6.20 Å². The van der Waals surface area contributed by atoms with Crippen molar-refractivity contribution in [2.75, 3.05) is 0 Å². The number of nitrogens with zero attached hydrogens (tertiary/aromatic N) is 1. The van der Waals surface area contributed by atoms with Crippen LogP contribution in [-0.2, 0) is 0 Å². The summed E-state index contributed by atoms with van der Waals surface area (Å²) in [5.41, 5.74) is 7.76. The van der Waals surface area contributed by atoms with Crippen molar-refractivity contribution in [1.29, 1.82) is 0 Å². The van der Waals surface area contributed by atoms with Crippen molar-refractivity contribution in [2.24, 2.45) is 5.73 Å². The van der Waals surface area contributed by atoms with Gasteiger partial charge in [-0.25, -0.2) is 0 Å². The highest BCUT2D eigenvalue weighted by molar-refractivity contribution is 7.80. The summed E-state index contributed by atoms with van der Waals surface area (Å²) in [5, 5.41) is 0. The third kappa shape index (κ3) is 2.25. The lowest BCUT2D eigenvalue weighted by molar-refractivity contribution is 0.999. The Bertz CT molecular complexity index is 428. The van der Waals surface area contributed by atoms with Gasteiger partial charge in [0.2, 0.25) is 0 Å². The Hall–Kier alpha value is -1.74. The van der Waals surface area contributed by atoms with Gasteiger partial charge in [-0.3, -0.25) is 4.98 Å². The number of hydrogen-bond acceptors (Lipinski definition) is 2. The van der Waals surface area contributed by atoms with Crippen LogP contribution in [0.5, 0.6) is 0 Å². The molecule has 0 bridgehead atoms. The molecule has 16 heavy (non-hydrogen) atoms. The van der Waals surface area contributed by atoms with E-state index in [1.807, 2.05) is 48.5 Å². The highest BCUT2D eigenvalue weighted by Crippen LogP contribution is 2.22. The molecule has 0 spiro atoms. The summed E-state index contributed by atoms with van der Waals surface area (Å²) >= 11 is 5.12. The number of nitrogens with two attached hydrogens (primary N) is 1. The molecule has 0 fully saturated rings. The minimum atomic E-state index is -0.0996. The third-order valence-corrected chi connectivity index (χ3v) is 2.64. The average Bonchev–Trinajstić information content (AvgIpc) is 2.31. The number of thiocarbonyl (C=S) groups is 1. The lowest BCUT2D eigenvalue weighted by Gasteiger charge is -2.15. The van der Waals surface area contributed by atoms with Crippen LogP contribution >= 0.6 is 12.2 Å². The van der Waals surface area contributed by atoms with Crippen molar-refractivity contribution in [3.05, 3.63) is 66.0 Å². The summed E-state index contributed by atoms with van der Waals surface area (Å²) in [6.45, 7) is 0. The minimum absolute atomic E-state index is 0.0996. The standard InChI is InChI=1S/C13H12N2S/c14-13(16)12(10-6-2-1-3-7-10)11-8-4-5-9-15-11/h1-9,12H,(H2,14,16)/t12-/m1/s1. The molecule has 0 aliphatic rings. The summed E-state index contributed by atoms with van der Waals surface area (Å²) in [4.78, 5) is 4.76. The van der Waals surface area contributed by atoms with Gasteiger partial charge in [-0.15, -0.1) is 0 Å². The maximum absolute atomic E-state index is 5.79. The second kappa shape index (κ2) is 4.86. The zero-order chi connectivity index (χ0) is 11.4. The predicted molar refractivity (Wildman–Crippen MR) is 69.3 cm³/mol. The van der Waals surface area contributed by atoms with Crippen LogP contribution in [0.15, 0.2) is 54.7 Å². The minimum Gasteiger partial charge on any atom is -0.392 e. The maximum atomic E-state index is 5.79. The number of hydrogen-bond donors (Lipinski definition) is 1. The highest BCUT2D eigenvalue weighted by atomic mass is 32.1. The predicted octanol–water partition coefficient (Wildman–Crippen LogP) is 2.50. The average molecular weight is 228 g/mol. The van der Waals surface area contributed by atoms with E-state index in [2.05, 4.69) is 4.98 Å². The smallest absolute Gasteiger partial charge is 0.0864 e. The van der Waals surface area contributed by atoms with Crippen LogP contribution in [0.1, 0.15) is 17.2 Å². The molecule has 0 radical (unpaired) electrons. The molecule has 80 valence electrons. The van der Waals surface area contributed by atoms with Crippen LogP contribution in [0.2, 0.25) is 0 Å². The molecule has 1 heterocycles. The number of aromatic nitrogens is 1. The molecule has 0 aliphatic heterocycles. The molecule has 2 nitrogen and oxygen atoms in total. The summed E-state index contributed by atoms with van der Waals surface area (Å²) < 4.78 is 0. The van der Waals surface area contributed by atoms with Gasteiger partial charge in [0.25, 0.3) is 0 Å². The van der Waals surface area contributed by atoms with Crippen LogP contribution in [0, 0.1) is 0 Å². The Morgan fingerprint density at radius 3 is 2.31 bits per heavy atom. The quantitative estimate of drug-likeness (QED) is 0.820. The fraction of sp³-hybridized carbons (Fsp3) is 0.0769. The molecule has 1 atom stereocenters. The van der Waals surface area contributed by atoms with Crippen molar-refractivity contribution >= 4 is 17.2 Å². The van der Waals surface area contributed by atoms with E-state index < -0.39 is 0 Å². The molecule has 0 saturated heterocycles. The highest BCUT2D eigenvalue weighted by Gasteiger charge is 2.17. The van der Waals surface area contributed by atoms with Crippen molar-refractivity contribution in [2.45, 2.75) is 5.92 Å². The van der Waals surface area contributed by atoms with Crippen LogP contribution < -0.4 is 5.73 Å². The molecule has 0 unspecified atom stereocenters. The first-order chi connectivity index (χ1) is 7.79. The number of pyridine rings is 1. The Labute approximate surface area is 100 Å². The summed E-state index contributed by atoms with van der Waals surface area (Å²) in [5.74, 6) is -0.0996. The Balaban J connectivity index is 2.44. The van der Waals surface area contributed by atoms with E-state index >= 15 is 0 Å². The van der Waals surface area contributed by atoms with Crippen molar-refractivity contribution < 1.29 is 0 Å². The molecule has 2 aromatic rings. The molecule has 0 aliphatic carbocycles. The van der Waals surface area contributed by atoms with Gasteiger partial charge < -0.3 is 5.73 Å². The molecule has 2 N–H and O–H groups in total. The molecule has 0 saturated carbocycles.